The van der Waals surface area contributed by atoms with Gasteiger partial charge in [-0.05, 0) is 56.9 Å². The molecular weight excluding hydrogens is 296 g/mol. The number of nitrogens with two attached hydrogens (primary N) is 1. The molecule has 0 amide bonds. The first-order valence-electron chi connectivity index (χ1n) is 9.75. The second-order valence-electron chi connectivity index (χ2n) is 8.42. The third-order valence-corrected chi connectivity index (χ3v) is 5.33. The second-order valence-corrected chi connectivity index (χ2v) is 8.42. The molecule has 0 aromatic heterocycles. The van der Waals surface area contributed by atoms with Crippen LogP contribution in [0.3, 0.4) is 0 Å². The predicted octanol–water partition coefficient (Wildman–Crippen LogP) is 1.15. The molecule has 3 nitrogen and oxygen atoms in total. The van der Waals surface area contributed by atoms with Crippen LogP contribution in [0.15, 0.2) is 30.3 Å². The Morgan fingerprint density at radius 2 is 1.96 bits per heavy atom. The highest BCUT2D eigenvalue weighted by Gasteiger charge is 2.33. The molecule has 1 fully saturated rings. The maximum absolute atomic E-state index is 5.95. The maximum Gasteiger partial charge on any atom is 0.126 e. The minimum Gasteiger partial charge on any atom is -0.376 e. The fourth-order valence-electron chi connectivity index (χ4n) is 3.97. The van der Waals surface area contributed by atoms with E-state index in [1.54, 1.807) is 4.90 Å². The molecular formula is C21H38N2O+2. The number of nitrogens with one attached hydrogen (secondary N) is 1. The van der Waals surface area contributed by atoms with Crippen LogP contribution in [0.5, 0.6) is 0 Å². The zero-order valence-electron chi connectivity index (χ0n) is 16.2. The van der Waals surface area contributed by atoms with Crippen molar-refractivity contribution < 1.29 is 15.0 Å². The second kappa shape index (κ2) is 9.55. The van der Waals surface area contributed by atoms with Crippen LogP contribution in [0.25, 0.3) is 0 Å². The average Bonchev–Trinajstić information content (AvgIpc) is 2.53. The molecule has 0 bridgehead atoms. The predicted molar refractivity (Wildman–Crippen MR) is 100 cm³/mol. The van der Waals surface area contributed by atoms with Gasteiger partial charge in [-0.25, -0.2) is 0 Å². The molecule has 1 aromatic rings. The fraction of sp³-hybridized carbons (Fsp3) is 0.714. The Morgan fingerprint density at radius 3 is 2.62 bits per heavy atom. The van der Waals surface area contributed by atoms with Crippen molar-refractivity contribution in [3.8, 4) is 0 Å². The molecule has 136 valence electrons. The lowest BCUT2D eigenvalue weighted by Crippen LogP contribution is -3.09. The van der Waals surface area contributed by atoms with E-state index in [0.717, 1.165) is 18.4 Å². The third kappa shape index (κ3) is 6.92. The van der Waals surface area contributed by atoms with Gasteiger partial charge in [0.15, 0.2) is 0 Å². The van der Waals surface area contributed by atoms with Crippen LogP contribution in [-0.2, 0) is 11.2 Å². The van der Waals surface area contributed by atoms with Crippen LogP contribution in [0.1, 0.15) is 38.7 Å². The van der Waals surface area contributed by atoms with E-state index >= 15 is 0 Å². The average molecular weight is 335 g/mol. The largest absolute Gasteiger partial charge is 0.376 e. The van der Waals surface area contributed by atoms with Gasteiger partial charge in [-0.2, -0.15) is 0 Å². The quantitative estimate of drug-likeness (QED) is 0.652. The third-order valence-electron chi connectivity index (χ3n) is 5.33. The number of quaternary nitrogens is 2. The summed E-state index contributed by atoms with van der Waals surface area (Å²) >= 11 is 0. The number of hydrogen-bond acceptors (Lipinski definition) is 1. The standard InChI is InChI=1S/C21H36N2O/c1-21(2)17-20(11-15-24-21)19(10-12-22-13-14-23(3)4)16-18-8-6-5-7-9-18/h5-9,19-20,22H,10-17H2,1-4H3/p+2/t19-,20-/m1/s1. The first-order valence-corrected chi connectivity index (χ1v) is 9.75. The monoisotopic (exact) mass is 334 g/mol. The van der Waals surface area contributed by atoms with Crippen molar-refractivity contribution in [1.29, 1.82) is 0 Å². The molecule has 0 aliphatic carbocycles. The van der Waals surface area contributed by atoms with Crippen LogP contribution >= 0.6 is 0 Å². The van der Waals surface area contributed by atoms with Gasteiger partial charge in [0.1, 0.15) is 13.1 Å². The zero-order chi connectivity index (χ0) is 17.4. The Kier molecular flexibility index (Phi) is 7.73. The van der Waals surface area contributed by atoms with Crippen LogP contribution < -0.4 is 10.2 Å². The Morgan fingerprint density at radius 1 is 1.21 bits per heavy atom. The van der Waals surface area contributed by atoms with Crippen molar-refractivity contribution in [2.24, 2.45) is 11.8 Å². The Hall–Kier alpha value is -0.900. The van der Waals surface area contributed by atoms with Gasteiger partial charge in [0.2, 0.25) is 0 Å². The van der Waals surface area contributed by atoms with Gasteiger partial charge in [0, 0.05) is 6.61 Å². The summed E-state index contributed by atoms with van der Waals surface area (Å²) in [6.45, 7) is 9.17. The summed E-state index contributed by atoms with van der Waals surface area (Å²) in [6.07, 6.45) is 4.96. The van der Waals surface area contributed by atoms with Gasteiger partial charge in [0.05, 0.1) is 26.2 Å². The van der Waals surface area contributed by atoms with E-state index in [4.69, 9.17) is 4.74 Å². The van der Waals surface area contributed by atoms with E-state index < -0.39 is 0 Å². The highest BCUT2D eigenvalue weighted by atomic mass is 16.5. The van der Waals surface area contributed by atoms with Crippen LogP contribution in [0, 0.1) is 11.8 Å². The Bertz CT molecular complexity index is 458. The molecule has 1 aliphatic heterocycles. The SMILES string of the molecule is C[NH+](C)CC[NH2+]CC[C@H](Cc1ccccc1)[C@@H]1CCOC(C)(C)C1. The minimum absolute atomic E-state index is 0.0514. The number of rotatable bonds is 9. The zero-order valence-corrected chi connectivity index (χ0v) is 16.2. The van der Waals surface area contributed by atoms with Crippen molar-refractivity contribution >= 4 is 0 Å². The summed E-state index contributed by atoms with van der Waals surface area (Å²) in [5, 5.41) is 2.51. The Labute approximate surface area is 148 Å². The van der Waals surface area contributed by atoms with E-state index in [9.17, 15) is 0 Å². The summed E-state index contributed by atoms with van der Waals surface area (Å²) < 4.78 is 5.95. The summed E-state index contributed by atoms with van der Waals surface area (Å²) in [5.74, 6) is 1.57. The lowest BCUT2D eigenvalue weighted by Gasteiger charge is -2.39. The maximum atomic E-state index is 5.95. The molecule has 0 spiro atoms. The molecule has 1 aliphatic rings. The summed E-state index contributed by atoms with van der Waals surface area (Å²) in [5.41, 5.74) is 1.54. The molecule has 24 heavy (non-hydrogen) atoms. The normalized spacial score (nSPS) is 21.8. The minimum atomic E-state index is 0.0514. The lowest BCUT2D eigenvalue weighted by atomic mass is 9.76. The summed E-state index contributed by atoms with van der Waals surface area (Å²) in [6, 6.07) is 11.0. The van der Waals surface area contributed by atoms with E-state index in [0.29, 0.717) is 0 Å². The van der Waals surface area contributed by atoms with E-state index in [2.05, 4.69) is 63.6 Å². The van der Waals surface area contributed by atoms with Gasteiger partial charge in [-0.3, -0.25) is 0 Å². The first-order chi connectivity index (χ1) is 11.5. The molecule has 0 radical (unpaired) electrons. The van der Waals surface area contributed by atoms with Gasteiger partial charge >= 0.3 is 0 Å². The first kappa shape index (κ1) is 19.4. The molecule has 1 saturated heterocycles. The van der Waals surface area contributed by atoms with Gasteiger partial charge in [-0.15, -0.1) is 0 Å². The van der Waals surface area contributed by atoms with Gasteiger partial charge in [0.25, 0.3) is 0 Å². The van der Waals surface area contributed by atoms with E-state index in [-0.39, 0.29) is 5.60 Å². The fourth-order valence-corrected chi connectivity index (χ4v) is 3.97. The number of hydrogen-bond donors (Lipinski definition) is 2. The van der Waals surface area contributed by atoms with Crippen LogP contribution in [0.4, 0.5) is 0 Å². The molecule has 0 unspecified atom stereocenters. The topological polar surface area (TPSA) is 30.3 Å². The number of ether oxygens (including phenoxy) is 1. The molecule has 3 N–H and O–H groups in total. The van der Waals surface area contributed by atoms with E-state index in [1.807, 2.05) is 0 Å². The molecule has 0 saturated carbocycles. The Balaban J connectivity index is 1.91. The van der Waals surface area contributed by atoms with Gasteiger partial charge in [-0.1, -0.05) is 30.3 Å². The summed E-state index contributed by atoms with van der Waals surface area (Å²) in [4.78, 5) is 1.54. The van der Waals surface area contributed by atoms with Gasteiger partial charge < -0.3 is 15.0 Å². The molecule has 1 heterocycles. The van der Waals surface area contributed by atoms with Crippen molar-refractivity contribution in [3.63, 3.8) is 0 Å². The van der Waals surface area contributed by atoms with Crippen molar-refractivity contribution in [2.45, 2.75) is 45.1 Å². The van der Waals surface area contributed by atoms with Crippen LogP contribution in [-0.4, -0.2) is 45.9 Å². The van der Waals surface area contributed by atoms with Crippen molar-refractivity contribution in [1.82, 2.24) is 0 Å². The molecule has 2 atom stereocenters. The van der Waals surface area contributed by atoms with Crippen molar-refractivity contribution in [2.75, 3.05) is 40.3 Å². The van der Waals surface area contributed by atoms with Crippen molar-refractivity contribution in [3.05, 3.63) is 35.9 Å². The number of benzene rings is 1. The smallest absolute Gasteiger partial charge is 0.126 e. The van der Waals surface area contributed by atoms with E-state index in [1.165, 1.54) is 50.9 Å². The molecule has 2 rings (SSSR count). The highest BCUT2D eigenvalue weighted by molar-refractivity contribution is 5.15. The summed E-state index contributed by atoms with van der Waals surface area (Å²) in [7, 11) is 4.46. The molecule has 3 heteroatoms. The molecule has 1 aromatic carbocycles. The lowest BCUT2D eigenvalue weighted by molar-refractivity contribution is -0.874. The highest BCUT2D eigenvalue weighted by Crippen LogP contribution is 2.36. The van der Waals surface area contributed by atoms with Crippen LogP contribution in [0.2, 0.25) is 0 Å². The number of likely N-dealkylation sites (N-methyl/N-ethyl adjacent to an activating group) is 1.